The Morgan fingerprint density at radius 2 is 1.78 bits per heavy atom. The normalized spacial score (nSPS) is 10.5. The topological polar surface area (TPSA) is 59.9 Å². The Hall–Kier alpha value is -2.53. The maximum atomic E-state index is 11.7. The van der Waals surface area contributed by atoms with Crippen LogP contribution in [0.25, 0.3) is 0 Å². The van der Waals surface area contributed by atoms with Gasteiger partial charge < -0.3 is 9.47 Å². The Labute approximate surface area is 139 Å². The van der Waals surface area contributed by atoms with Gasteiger partial charge in [-0.05, 0) is 37.3 Å². The number of carbonyl (C=O) groups is 1. The molecule has 5 nitrogen and oxygen atoms in total. The maximum absolute atomic E-state index is 11.7. The van der Waals surface area contributed by atoms with Crippen molar-refractivity contribution in [1.82, 2.24) is 5.43 Å². The van der Waals surface area contributed by atoms with Gasteiger partial charge in [-0.2, -0.15) is 5.10 Å². The van der Waals surface area contributed by atoms with Crippen LogP contribution in [-0.4, -0.2) is 25.3 Å². The zero-order valence-electron chi connectivity index (χ0n) is 12.7. The molecule has 2 aromatic rings. The third kappa shape index (κ3) is 5.64. The molecule has 6 heteroatoms. The van der Waals surface area contributed by atoms with Crippen LogP contribution in [0.5, 0.6) is 11.5 Å². The van der Waals surface area contributed by atoms with E-state index in [0.717, 1.165) is 11.3 Å². The van der Waals surface area contributed by atoms with Gasteiger partial charge in [-0.15, -0.1) is 0 Å². The van der Waals surface area contributed by atoms with Crippen LogP contribution in [0.15, 0.2) is 53.6 Å². The van der Waals surface area contributed by atoms with Gasteiger partial charge in [0, 0.05) is 10.6 Å². The molecule has 2 rings (SSSR count). The van der Waals surface area contributed by atoms with Crippen LogP contribution in [0.1, 0.15) is 12.5 Å². The fourth-order valence-corrected chi connectivity index (χ4v) is 1.92. The van der Waals surface area contributed by atoms with Crippen LogP contribution in [0.3, 0.4) is 0 Å². The van der Waals surface area contributed by atoms with E-state index in [-0.39, 0.29) is 12.5 Å². The average molecular weight is 333 g/mol. The van der Waals surface area contributed by atoms with Crippen molar-refractivity contribution < 1.29 is 14.3 Å². The van der Waals surface area contributed by atoms with Gasteiger partial charge in [-0.3, -0.25) is 4.79 Å². The molecule has 1 N–H and O–H groups in total. The number of nitrogens with one attached hydrogen (secondary N) is 1. The number of benzene rings is 2. The number of halogens is 1. The van der Waals surface area contributed by atoms with Crippen LogP contribution >= 0.6 is 11.6 Å². The summed E-state index contributed by atoms with van der Waals surface area (Å²) < 4.78 is 10.7. The zero-order valence-corrected chi connectivity index (χ0v) is 13.4. The Kier molecular flexibility index (Phi) is 6.44. The number of hydrogen-bond donors (Lipinski definition) is 1. The number of hydrogen-bond acceptors (Lipinski definition) is 4. The maximum Gasteiger partial charge on any atom is 0.277 e. The third-order valence-corrected chi connectivity index (χ3v) is 3.15. The Bertz CT molecular complexity index is 672. The van der Waals surface area contributed by atoms with Crippen LogP contribution in [-0.2, 0) is 4.79 Å². The molecule has 0 radical (unpaired) electrons. The van der Waals surface area contributed by atoms with Gasteiger partial charge in [-0.25, -0.2) is 5.43 Å². The van der Waals surface area contributed by atoms with Gasteiger partial charge in [0.2, 0.25) is 0 Å². The van der Waals surface area contributed by atoms with Crippen LogP contribution in [0, 0.1) is 0 Å². The lowest BCUT2D eigenvalue weighted by molar-refractivity contribution is -0.123. The molecular formula is C17H17ClN2O3. The lowest BCUT2D eigenvalue weighted by atomic mass is 10.2. The van der Waals surface area contributed by atoms with E-state index in [2.05, 4.69) is 10.5 Å². The number of rotatable bonds is 7. The van der Waals surface area contributed by atoms with Crippen LogP contribution in [0.2, 0.25) is 5.02 Å². The van der Waals surface area contributed by atoms with E-state index in [0.29, 0.717) is 17.4 Å². The third-order valence-electron chi connectivity index (χ3n) is 2.80. The predicted octanol–water partition coefficient (Wildman–Crippen LogP) is 3.27. The molecule has 1 amide bonds. The molecule has 0 aromatic heterocycles. The first-order valence-corrected chi connectivity index (χ1v) is 7.49. The molecule has 2 aromatic carbocycles. The second kappa shape index (κ2) is 8.80. The molecule has 0 aliphatic heterocycles. The summed E-state index contributed by atoms with van der Waals surface area (Å²) in [5.74, 6) is 0.981. The van der Waals surface area contributed by atoms with Crippen molar-refractivity contribution in [2.24, 2.45) is 5.10 Å². The molecule has 23 heavy (non-hydrogen) atoms. The molecule has 0 saturated heterocycles. The smallest absolute Gasteiger partial charge is 0.277 e. The number of hydrazone groups is 1. The first-order chi connectivity index (χ1) is 11.2. The molecule has 0 saturated carbocycles. The van der Waals surface area contributed by atoms with Crippen molar-refractivity contribution in [3.63, 3.8) is 0 Å². The fraction of sp³-hybridized carbons (Fsp3) is 0.176. The molecule has 0 fully saturated rings. The minimum absolute atomic E-state index is 0.131. The summed E-state index contributed by atoms with van der Waals surface area (Å²) in [7, 11) is 0. The highest BCUT2D eigenvalue weighted by molar-refractivity contribution is 6.33. The number of amides is 1. The standard InChI is InChI=1S/C17H17ClN2O3/c1-2-22-14-7-9-15(10-8-14)23-12-17(21)20-19-11-13-5-3-4-6-16(13)18/h3-11H,2,12H2,1H3,(H,20,21)/b19-11-. The zero-order chi connectivity index (χ0) is 16.5. The largest absolute Gasteiger partial charge is 0.494 e. The fourth-order valence-electron chi connectivity index (χ4n) is 1.73. The quantitative estimate of drug-likeness (QED) is 0.625. The highest BCUT2D eigenvalue weighted by Gasteiger charge is 2.02. The van der Waals surface area contributed by atoms with E-state index >= 15 is 0 Å². The van der Waals surface area contributed by atoms with Crippen molar-refractivity contribution in [3.05, 3.63) is 59.1 Å². The second-order valence-corrected chi connectivity index (χ2v) is 4.91. The first-order valence-electron chi connectivity index (χ1n) is 7.11. The highest BCUT2D eigenvalue weighted by Crippen LogP contribution is 2.17. The minimum Gasteiger partial charge on any atom is -0.494 e. The number of nitrogens with zero attached hydrogens (tertiary/aromatic N) is 1. The van der Waals surface area contributed by atoms with Gasteiger partial charge >= 0.3 is 0 Å². The van der Waals surface area contributed by atoms with Gasteiger partial charge in [0.05, 0.1) is 12.8 Å². The van der Waals surface area contributed by atoms with E-state index in [9.17, 15) is 4.79 Å². The SMILES string of the molecule is CCOc1ccc(OCC(=O)N/N=C\c2ccccc2Cl)cc1. The summed E-state index contributed by atoms with van der Waals surface area (Å²) in [5, 5.41) is 4.41. The van der Waals surface area contributed by atoms with Crippen LogP contribution in [0.4, 0.5) is 0 Å². The predicted molar refractivity (Wildman–Crippen MR) is 90.3 cm³/mol. The summed E-state index contributed by atoms with van der Waals surface area (Å²) in [5.41, 5.74) is 3.11. The second-order valence-electron chi connectivity index (χ2n) is 4.51. The highest BCUT2D eigenvalue weighted by atomic mass is 35.5. The van der Waals surface area contributed by atoms with E-state index in [1.54, 1.807) is 36.4 Å². The Morgan fingerprint density at radius 1 is 1.13 bits per heavy atom. The molecule has 0 unspecified atom stereocenters. The molecule has 0 aliphatic carbocycles. The summed E-state index contributed by atoms with van der Waals surface area (Å²) in [6, 6.07) is 14.3. The van der Waals surface area contributed by atoms with Crippen molar-refractivity contribution in [1.29, 1.82) is 0 Å². The molecule has 0 bridgehead atoms. The monoisotopic (exact) mass is 332 g/mol. The molecule has 0 heterocycles. The molecule has 120 valence electrons. The lowest BCUT2D eigenvalue weighted by Gasteiger charge is -2.06. The van der Waals surface area contributed by atoms with E-state index in [1.807, 2.05) is 19.1 Å². The Morgan fingerprint density at radius 3 is 2.43 bits per heavy atom. The Balaban J connectivity index is 1.78. The molecule has 0 atom stereocenters. The summed E-state index contributed by atoms with van der Waals surface area (Å²) in [4.78, 5) is 11.7. The minimum atomic E-state index is -0.359. The van der Waals surface area contributed by atoms with Crippen molar-refractivity contribution >= 4 is 23.7 Å². The van der Waals surface area contributed by atoms with Crippen molar-refractivity contribution in [3.8, 4) is 11.5 Å². The van der Waals surface area contributed by atoms with Gasteiger partial charge in [0.25, 0.3) is 5.91 Å². The molecular weight excluding hydrogens is 316 g/mol. The van der Waals surface area contributed by atoms with Crippen molar-refractivity contribution in [2.75, 3.05) is 13.2 Å². The number of carbonyl (C=O) groups excluding carboxylic acids is 1. The number of ether oxygens (including phenoxy) is 2. The molecule has 0 aliphatic rings. The van der Waals surface area contributed by atoms with Gasteiger partial charge in [0.1, 0.15) is 11.5 Å². The van der Waals surface area contributed by atoms with E-state index < -0.39 is 0 Å². The summed E-state index contributed by atoms with van der Waals surface area (Å²) in [6.45, 7) is 2.39. The van der Waals surface area contributed by atoms with Crippen LogP contribution < -0.4 is 14.9 Å². The summed E-state index contributed by atoms with van der Waals surface area (Å²) >= 11 is 5.98. The van der Waals surface area contributed by atoms with E-state index in [1.165, 1.54) is 6.21 Å². The van der Waals surface area contributed by atoms with Gasteiger partial charge in [-0.1, -0.05) is 29.8 Å². The van der Waals surface area contributed by atoms with E-state index in [4.69, 9.17) is 21.1 Å². The average Bonchev–Trinajstić information content (AvgIpc) is 2.56. The lowest BCUT2D eigenvalue weighted by Crippen LogP contribution is -2.24. The van der Waals surface area contributed by atoms with Gasteiger partial charge in [0.15, 0.2) is 6.61 Å². The summed E-state index contributed by atoms with van der Waals surface area (Å²) in [6.07, 6.45) is 1.48. The van der Waals surface area contributed by atoms with Crippen molar-refractivity contribution in [2.45, 2.75) is 6.92 Å². The molecule has 0 spiro atoms. The first kappa shape index (κ1) is 16.8.